The van der Waals surface area contributed by atoms with Crippen LogP contribution >= 0.6 is 31.9 Å². The zero-order chi connectivity index (χ0) is 17.7. The summed E-state index contributed by atoms with van der Waals surface area (Å²) in [7, 11) is 0. The van der Waals surface area contributed by atoms with Crippen LogP contribution in [0, 0.1) is 0 Å². The number of nitrogens with zero attached hydrogens (tertiary/aromatic N) is 1. The van der Waals surface area contributed by atoms with Crippen molar-refractivity contribution in [2.75, 3.05) is 6.61 Å². The zero-order valence-electron chi connectivity index (χ0n) is 12.6. The van der Waals surface area contributed by atoms with Crippen LogP contribution < -0.4 is 10.2 Å². The standard InChI is InChI=1S/C16H14Br2N2O4/c1-2-24-14-5-9(3-4-13(14)21)8-19-20-16(23)11-6-10(17)7-12(18)15(11)22/h3-8,21-22H,2H2,1H3,(H,20,23). The number of ether oxygens (including phenoxy) is 1. The van der Waals surface area contributed by atoms with Gasteiger partial charge < -0.3 is 14.9 Å². The number of carbonyl (C=O) groups excluding carboxylic acids is 1. The number of phenolic OH excluding ortho intramolecular Hbond substituents is 2. The molecule has 0 saturated carbocycles. The number of benzene rings is 2. The molecule has 0 aromatic heterocycles. The van der Waals surface area contributed by atoms with Gasteiger partial charge in [0.1, 0.15) is 5.75 Å². The number of nitrogens with one attached hydrogen (secondary N) is 1. The minimum absolute atomic E-state index is 0.0296. The molecule has 24 heavy (non-hydrogen) atoms. The van der Waals surface area contributed by atoms with Gasteiger partial charge in [-0.3, -0.25) is 4.79 Å². The molecule has 0 aliphatic carbocycles. The Morgan fingerprint density at radius 3 is 2.75 bits per heavy atom. The molecule has 2 aromatic rings. The summed E-state index contributed by atoms with van der Waals surface area (Å²) in [5.41, 5.74) is 3.05. The lowest BCUT2D eigenvalue weighted by atomic mass is 10.2. The Kier molecular flexibility index (Phi) is 6.22. The molecule has 0 spiro atoms. The number of rotatable bonds is 5. The van der Waals surface area contributed by atoms with Crippen LogP contribution in [0.25, 0.3) is 0 Å². The average Bonchev–Trinajstić information content (AvgIpc) is 2.54. The van der Waals surface area contributed by atoms with Crippen molar-refractivity contribution in [3.8, 4) is 17.2 Å². The van der Waals surface area contributed by atoms with Gasteiger partial charge in [-0.25, -0.2) is 5.43 Å². The molecule has 1 amide bonds. The van der Waals surface area contributed by atoms with Gasteiger partial charge in [-0.2, -0.15) is 5.10 Å². The van der Waals surface area contributed by atoms with Crippen molar-refractivity contribution in [1.29, 1.82) is 0 Å². The van der Waals surface area contributed by atoms with E-state index in [-0.39, 0.29) is 17.1 Å². The maximum atomic E-state index is 12.1. The molecule has 0 unspecified atom stereocenters. The summed E-state index contributed by atoms with van der Waals surface area (Å²) in [6.07, 6.45) is 1.41. The van der Waals surface area contributed by atoms with Crippen LogP contribution in [-0.4, -0.2) is 28.9 Å². The normalized spacial score (nSPS) is 10.8. The molecule has 2 aromatic carbocycles. The smallest absolute Gasteiger partial charge is 0.275 e. The van der Waals surface area contributed by atoms with Gasteiger partial charge >= 0.3 is 0 Å². The topological polar surface area (TPSA) is 91.2 Å². The van der Waals surface area contributed by atoms with Crippen molar-refractivity contribution < 1.29 is 19.7 Å². The number of hydrogen-bond acceptors (Lipinski definition) is 5. The van der Waals surface area contributed by atoms with Crippen LogP contribution in [0.4, 0.5) is 0 Å². The number of hydrazone groups is 1. The van der Waals surface area contributed by atoms with Crippen LogP contribution in [0.3, 0.4) is 0 Å². The number of phenols is 2. The molecule has 0 fully saturated rings. The highest BCUT2D eigenvalue weighted by molar-refractivity contribution is 9.11. The van der Waals surface area contributed by atoms with E-state index in [4.69, 9.17) is 4.74 Å². The summed E-state index contributed by atoms with van der Waals surface area (Å²) >= 11 is 6.42. The number of aromatic hydroxyl groups is 2. The van der Waals surface area contributed by atoms with Gasteiger partial charge in [0.25, 0.3) is 5.91 Å². The predicted molar refractivity (Wildman–Crippen MR) is 97.8 cm³/mol. The number of carbonyl (C=O) groups is 1. The summed E-state index contributed by atoms with van der Waals surface area (Å²) in [4.78, 5) is 12.1. The van der Waals surface area contributed by atoms with Crippen molar-refractivity contribution in [2.45, 2.75) is 6.92 Å². The Balaban J connectivity index is 2.12. The Labute approximate surface area is 155 Å². The number of amides is 1. The summed E-state index contributed by atoms with van der Waals surface area (Å²) < 4.78 is 6.31. The molecule has 2 rings (SSSR count). The first kappa shape index (κ1) is 18.3. The van der Waals surface area contributed by atoms with Crippen LogP contribution in [-0.2, 0) is 0 Å². The van der Waals surface area contributed by atoms with Crippen LogP contribution in [0.15, 0.2) is 44.4 Å². The van der Waals surface area contributed by atoms with E-state index in [1.807, 2.05) is 6.92 Å². The third-order valence-electron chi connectivity index (χ3n) is 2.94. The SMILES string of the molecule is CCOc1cc(C=NNC(=O)c2cc(Br)cc(Br)c2O)ccc1O. The fraction of sp³-hybridized carbons (Fsp3) is 0.125. The maximum Gasteiger partial charge on any atom is 0.275 e. The molecule has 8 heteroatoms. The molecule has 0 radical (unpaired) electrons. The molecule has 0 bridgehead atoms. The monoisotopic (exact) mass is 456 g/mol. The van der Waals surface area contributed by atoms with E-state index in [0.717, 1.165) is 0 Å². The lowest BCUT2D eigenvalue weighted by Crippen LogP contribution is -2.17. The van der Waals surface area contributed by atoms with E-state index in [0.29, 0.717) is 26.9 Å². The average molecular weight is 458 g/mol. The van der Waals surface area contributed by atoms with Gasteiger partial charge in [0, 0.05) is 4.47 Å². The largest absolute Gasteiger partial charge is 0.506 e. The Morgan fingerprint density at radius 2 is 2.04 bits per heavy atom. The quantitative estimate of drug-likeness (QED) is 0.470. The van der Waals surface area contributed by atoms with Gasteiger partial charge in [0.15, 0.2) is 11.5 Å². The molecule has 126 valence electrons. The first-order valence-corrected chi connectivity index (χ1v) is 8.48. The summed E-state index contributed by atoms with van der Waals surface area (Å²) in [5.74, 6) is -0.369. The van der Waals surface area contributed by atoms with Gasteiger partial charge in [-0.05, 0) is 58.7 Å². The van der Waals surface area contributed by atoms with Crippen LogP contribution in [0.5, 0.6) is 17.2 Å². The molecular weight excluding hydrogens is 444 g/mol. The van der Waals surface area contributed by atoms with E-state index in [1.165, 1.54) is 18.3 Å². The lowest BCUT2D eigenvalue weighted by Gasteiger charge is -2.07. The van der Waals surface area contributed by atoms with Crippen LogP contribution in [0.1, 0.15) is 22.8 Å². The first-order valence-electron chi connectivity index (χ1n) is 6.89. The minimum Gasteiger partial charge on any atom is -0.506 e. The van der Waals surface area contributed by atoms with Gasteiger partial charge in [0.05, 0.1) is 22.9 Å². The highest BCUT2D eigenvalue weighted by Gasteiger charge is 2.14. The Hall–Kier alpha value is -2.06. The molecule has 0 saturated heterocycles. The van der Waals surface area contributed by atoms with Crippen molar-refractivity contribution in [2.24, 2.45) is 5.10 Å². The Bertz CT molecular complexity index is 794. The van der Waals surface area contributed by atoms with Crippen molar-refractivity contribution in [3.05, 3.63) is 50.4 Å². The Morgan fingerprint density at radius 1 is 1.29 bits per heavy atom. The minimum atomic E-state index is -0.561. The highest BCUT2D eigenvalue weighted by Crippen LogP contribution is 2.31. The fourth-order valence-corrected chi connectivity index (χ4v) is 3.07. The molecular formula is C16H14Br2N2O4. The van der Waals surface area contributed by atoms with Gasteiger partial charge in [-0.1, -0.05) is 15.9 Å². The van der Waals surface area contributed by atoms with E-state index in [1.54, 1.807) is 18.2 Å². The summed E-state index contributed by atoms with van der Waals surface area (Å²) in [6, 6.07) is 7.81. The van der Waals surface area contributed by atoms with Crippen molar-refractivity contribution in [3.63, 3.8) is 0 Å². The van der Waals surface area contributed by atoms with E-state index >= 15 is 0 Å². The molecule has 0 aliphatic rings. The third kappa shape index (κ3) is 4.48. The summed E-state index contributed by atoms with van der Waals surface area (Å²) in [6.45, 7) is 2.23. The van der Waals surface area contributed by atoms with Gasteiger partial charge in [0.2, 0.25) is 0 Å². The summed E-state index contributed by atoms with van der Waals surface area (Å²) in [5, 5.41) is 23.4. The first-order chi connectivity index (χ1) is 11.4. The third-order valence-corrected chi connectivity index (χ3v) is 4.00. The molecule has 0 aliphatic heterocycles. The maximum absolute atomic E-state index is 12.1. The second-order valence-corrected chi connectivity index (χ2v) is 6.41. The molecule has 0 atom stereocenters. The van der Waals surface area contributed by atoms with Crippen molar-refractivity contribution in [1.82, 2.24) is 5.43 Å². The lowest BCUT2D eigenvalue weighted by molar-refractivity contribution is 0.0952. The second-order valence-electron chi connectivity index (χ2n) is 4.64. The van der Waals surface area contributed by atoms with E-state index in [2.05, 4.69) is 42.4 Å². The second kappa shape index (κ2) is 8.16. The molecule has 6 nitrogen and oxygen atoms in total. The fourth-order valence-electron chi connectivity index (χ4n) is 1.85. The number of halogens is 2. The number of hydrogen-bond donors (Lipinski definition) is 3. The predicted octanol–water partition coefficient (Wildman–Crippen LogP) is 3.79. The van der Waals surface area contributed by atoms with E-state index in [9.17, 15) is 15.0 Å². The zero-order valence-corrected chi connectivity index (χ0v) is 15.8. The highest BCUT2D eigenvalue weighted by atomic mass is 79.9. The molecule has 3 N–H and O–H groups in total. The van der Waals surface area contributed by atoms with Crippen LogP contribution in [0.2, 0.25) is 0 Å². The van der Waals surface area contributed by atoms with Gasteiger partial charge in [-0.15, -0.1) is 0 Å². The van der Waals surface area contributed by atoms with Crippen molar-refractivity contribution >= 4 is 44.0 Å². The molecule has 0 heterocycles. The van der Waals surface area contributed by atoms with E-state index < -0.39 is 5.91 Å².